The number of aromatic nitrogens is 6. The van der Waals surface area contributed by atoms with Crippen LogP contribution in [0.2, 0.25) is 0 Å². The van der Waals surface area contributed by atoms with Gasteiger partial charge in [-0.15, -0.1) is 10.2 Å². The van der Waals surface area contributed by atoms with Gasteiger partial charge in [0.05, 0.1) is 22.9 Å². The molecule has 2 atom stereocenters. The Hall–Kier alpha value is -3.59. The van der Waals surface area contributed by atoms with Crippen LogP contribution in [0, 0.1) is 6.92 Å². The van der Waals surface area contributed by atoms with E-state index in [-0.39, 0.29) is 5.56 Å². The highest BCUT2D eigenvalue weighted by Crippen LogP contribution is 2.37. The smallest absolute Gasteiger partial charge is 0.251 e. The second-order valence-corrected chi connectivity index (χ2v) is 9.29. The average Bonchev–Trinajstić information content (AvgIpc) is 3.26. The molecule has 0 bridgehead atoms. The SMILES string of the molecule is CCc1cc2ncc(CN3CCN(c4ccc(-c5nnc(C)[nH]5)nc4)[C@@H]4CC[C@@H]43)cc2[nH]c1=O. The minimum Gasteiger partial charge on any atom is -0.364 e. The molecule has 2 aliphatic rings. The fourth-order valence-electron chi connectivity index (χ4n) is 5.25. The molecule has 0 unspecified atom stereocenters. The van der Waals surface area contributed by atoms with Crippen molar-refractivity contribution in [3.05, 3.63) is 64.0 Å². The summed E-state index contributed by atoms with van der Waals surface area (Å²) in [5.41, 5.74) is 5.53. The number of hydrogen-bond acceptors (Lipinski definition) is 7. The standard InChI is InChI=1S/C25H28N8O/c1-3-17-11-20-21(29-25(17)34)10-16(12-26-20)14-32-8-9-33(23-7-6-22(23)32)18-4-5-19(27-13-18)24-28-15(2)30-31-24/h4-5,10-13,22-23H,3,6-9,14H2,1-2H3,(H,29,34)(H,28,30,31)/t22-,23+/m0/s1. The lowest BCUT2D eigenvalue weighted by Gasteiger charge is -2.54. The van der Waals surface area contributed by atoms with Crippen LogP contribution in [0.1, 0.15) is 36.7 Å². The molecule has 2 N–H and O–H groups in total. The number of H-pyrrole nitrogens is 2. The number of aromatic amines is 2. The van der Waals surface area contributed by atoms with Crippen LogP contribution in [0.5, 0.6) is 0 Å². The Morgan fingerprint density at radius 2 is 1.91 bits per heavy atom. The van der Waals surface area contributed by atoms with Crippen LogP contribution < -0.4 is 10.5 Å². The van der Waals surface area contributed by atoms with E-state index >= 15 is 0 Å². The highest BCUT2D eigenvalue weighted by molar-refractivity contribution is 5.74. The second kappa shape index (κ2) is 8.32. The number of hydrogen-bond donors (Lipinski definition) is 2. The third-order valence-corrected chi connectivity index (χ3v) is 7.21. The minimum atomic E-state index is -0.0142. The first-order chi connectivity index (χ1) is 16.6. The number of fused-ring (bicyclic) bond motifs is 2. The van der Waals surface area contributed by atoms with Gasteiger partial charge in [0.25, 0.3) is 5.56 Å². The molecule has 0 radical (unpaired) electrons. The maximum Gasteiger partial charge on any atom is 0.251 e. The molecule has 1 saturated heterocycles. The molecule has 174 valence electrons. The van der Waals surface area contributed by atoms with E-state index < -0.39 is 0 Å². The van der Waals surface area contributed by atoms with E-state index in [9.17, 15) is 4.79 Å². The van der Waals surface area contributed by atoms with Crippen molar-refractivity contribution >= 4 is 16.7 Å². The Morgan fingerprint density at radius 1 is 1.03 bits per heavy atom. The summed E-state index contributed by atoms with van der Waals surface area (Å²) >= 11 is 0. The van der Waals surface area contributed by atoms with E-state index in [2.05, 4.69) is 52.1 Å². The number of rotatable bonds is 5. The fourth-order valence-corrected chi connectivity index (χ4v) is 5.25. The summed E-state index contributed by atoms with van der Waals surface area (Å²) in [6.07, 6.45) is 7.00. The molecule has 1 aliphatic heterocycles. The predicted molar refractivity (Wildman–Crippen MR) is 131 cm³/mol. The number of nitrogens with one attached hydrogen (secondary N) is 2. The van der Waals surface area contributed by atoms with Crippen molar-refractivity contribution in [2.45, 2.75) is 51.7 Å². The fraction of sp³-hybridized carbons (Fsp3) is 0.400. The van der Waals surface area contributed by atoms with Crippen LogP contribution in [-0.4, -0.2) is 60.2 Å². The normalized spacial score (nSPS) is 20.4. The molecule has 0 aromatic carbocycles. The van der Waals surface area contributed by atoms with Gasteiger partial charge >= 0.3 is 0 Å². The highest BCUT2D eigenvalue weighted by Gasteiger charge is 2.42. The number of anilines is 1. The first-order valence-corrected chi connectivity index (χ1v) is 12.0. The quantitative estimate of drug-likeness (QED) is 0.476. The summed E-state index contributed by atoms with van der Waals surface area (Å²) in [6, 6.07) is 9.15. The average molecular weight is 457 g/mol. The highest BCUT2D eigenvalue weighted by atomic mass is 16.1. The zero-order chi connectivity index (χ0) is 23.2. The molecule has 0 amide bonds. The van der Waals surface area contributed by atoms with Crippen molar-refractivity contribution in [1.29, 1.82) is 0 Å². The zero-order valence-electron chi connectivity index (χ0n) is 19.5. The molecule has 0 spiro atoms. The van der Waals surface area contributed by atoms with Crippen LogP contribution in [0.25, 0.3) is 22.6 Å². The lowest BCUT2D eigenvalue weighted by atomic mass is 9.81. The summed E-state index contributed by atoms with van der Waals surface area (Å²) in [7, 11) is 0. The van der Waals surface area contributed by atoms with Crippen LogP contribution in [0.3, 0.4) is 0 Å². The maximum absolute atomic E-state index is 12.2. The molecule has 6 rings (SSSR count). The molecule has 1 saturated carbocycles. The Kier molecular flexibility index (Phi) is 5.13. The van der Waals surface area contributed by atoms with Crippen molar-refractivity contribution in [2.75, 3.05) is 18.0 Å². The molecule has 5 heterocycles. The Labute approximate surface area is 197 Å². The summed E-state index contributed by atoms with van der Waals surface area (Å²) in [5.74, 6) is 1.49. The van der Waals surface area contributed by atoms with E-state index in [1.807, 2.05) is 38.4 Å². The lowest BCUT2D eigenvalue weighted by molar-refractivity contribution is 0.0659. The van der Waals surface area contributed by atoms with Crippen molar-refractivity contribution < 1.29 is 0 Å². The van der Waals surface area contributed by atoms with E-state index in [1.165, 1.54) is 12.8 Å². The van der Waals surface area contributed by atoms with Gasteiger partial charge in [0.15, 0.2) is 5.82 Å². The van der Waals surface area contributed by atoms with Gasteiger partial charge in [-0.2, -0.15) is 0 Å². The van der Waals surface area contributed by atoms with Gasteiger partial charge in [0, 0.05) is 43.5 Å². The summed E-state index contributed by atoms with van der Waals surface area (Å²) in [4.78, 5) is 32.7. The molecule has 9 heteroatoms. The zero-order valence-corrected chi connectivity index (χ0v) is 19.5. The summed E-state index contributed by atoms with van der Waals surface area (Å²) < 4.78 is 0. The second-order valence-electron chi connectivity index (χ2n) is 9.29. The van der Waals surface area contributed by atoms with E-state index in [1.54, 1.807) is 0 Å². The maximum atomic E-state index is 12.2. The van der Waals surface area contributed by atoms with E-state index in [0.717, 1.165) is 59.0 Å². The third-order valence-electron chi connectivity index (χ3n) is 7.21. The van der Waals surface area contributed by atoms with Crippen LogP contribution in [0.15, 0.2) is 41.5 Å². The van der Waals surface area contributed by atoms with E-state index in [0.29, 0.717) is 24.3 Å². The van der Waals surface area contributed by atoms with Gasteiger partial charge in [-0.25, -0.2) is 0 Å². The van der Waals surface area contributed by atoms with Crippen molar-refractivity contribution in [2.24, 2.45) is 0 Å². The first-order valence-electron chi connectivity index (χ1n) is 12.0. The number of piperazine rings is 1. The van der Waals surface area contributed by atoms with Gasteiger partial charge in [-0.3, -0.25) is 19.7 Å². The van der Waals surface area contributed by atoms with Gasteiger partial charge < -0.3 is 14.9 Å². The molecule has 34 heavy (non-hydrogen) atoms. The lowest BCUT2D eigenvalue weighted by Crippen LogP contribution is -2.64. The van der Waals surface area contributed by atoms with Gasteiger partial charge in [-0.1, -0.05) is 6.92 Å². The predicted octanol–water partition coefficient (Wildman–Crippen LogP) is 2.83. The molecule has 9 nitrogen and oxygen atoms in total. The molecule has 4 aromatic heterocycles. The Morgan fingerprint density at radius 3 is 2.62 bits per heavy atom. The van der Waals surface area contributed by atoms with Crippen molar-refractivity contribution in [3.63, 3.8) is 0 Å². The largest absolute Gasteiger partial charge is 0.364 e. The summed E-state index contributed by atoms with van der Waals surface area (Å²) in [5, 5.41) is 8.16. The molecule has 1 aliphatic carbocycles. The van der Waals surface area contributed by atoms with E-state index in [4.69, 9.17) is 0 Å². The van der Waals surface area contributed by atoms with Gasteiger partial charge in [0.2, 0.25) is 0 Å². The first kappa shape index (κ1) is 21.0. The van der Waals surface area contributed by atoms with Crippen molar-refractivity contribution in [1.82, 2.24) is 35.0 Å². The Bertz CT molecular complexity index is 1390. The number of pyridine rings is 3. The minimum absolute atomic E-state index is 0.0142. The molecular weight excluding hydrogens is 428 g/mol. The number of nitrogens with zero attached hydrogens (tertiary/aromatic N) is 6. The molecular formula is C25H28N8O. The Balaban J connectivity index is 1.17. The summed E-state index contributed by atoms with van der Waals surface area (Å²) in [6.45, 7) is 6.66. The van der Waals surface area contributed by atoms with Crippen molar-refractivity contribution in [3.8, 4) is 11.5 Å². The van der Waals surface area contributed by atoms with Crippen LogP contribution >= 0.6 is 0 Å². The number of aryl methyl sites for hydroxylation is 2. The van der Waals surface area contributed by atoms with Gasteiger partial charge in [0.1, 0.15) is 11.5 Å². The third kappa shape index (κ3) is 3.66. The van der Waals surface area contributed by atoms with Crippen LogP contribution in [0.4, 0.5) is 5.69 Å². The monoisotopic (exact) mass is 456 g/mol. The molecule has 4 aromatic rings. The topological polar surface area (TPSA) is 107 Å². The molecule has 2 fully saturated rings. The van der Waals surface area contributed by atoms with Gasteiger partial charge in [-0.05, 0) is 56.0 Å². The van der Waals surface area contributed by atoms with Crippen LogP contribution in [-0.2, 0) is 13.0 Å².